The molecule has 2 heterocycles. The van der Waals surface area contributed by atoms with Crippen molar-refractivity contribution in [3.05, 3.63) is 22.6 Å². The Kier molecular flexibility index (Phi) is 3.48. The maximum atomic E-state index is 12.7. The van der Waals surface area contributed by atoms with Crippen molar-refractivity contribution >= 4 is 5.91 Å². The minimum absolute atomic E-state index is 0.100. The SMILES string of the molecule is Cc1oc(C)c(C(=O)N2C(C)CNCC2C)c1C. The van der Waals surface area contributed by atoms with Crippen LogP contribution in [0.4, 0.5) is 0 Å². The van der Waals surface area contributed by atoms with E-state index in [2.05, 4.69) is 19.2 Å². The molecule has 0 saturated carbocycles. The van der Waals surface area contributed by atoms with Gasteiger partial charge in [0, 0.05) is 30.7 Å². The third kappa shape index (κ3) is 2.05. The van der Waals surface area contributed by atoms with E-state index in [1.165, 1.54) is 0 Å². The van der Waals surface area contributed by atoms with Crippen molar-refractivity contribution in [3.8, 4) is 0 Å². The van der Waals surface area contributed by atoms with Gasteiger partial charge in [0.2, 0.25) is 0 Å². The smallest absolute Gasteiger partial charge is 0.258 e. The van der Waals surface area contributed by atoms with Gasteiger partial charge < -0.3 is 14.6 Å². The van der Waals surface area contributed by atoms with E-state index < -0.39 is 0 Å². The summed E-state index contributed by atoms with van der Waals surface area (Å²) in [5, 5.41) is 3.34. The van der Waals surface area contributed by atoms with Crippen molar-refractivity contribution in [2.24, 2.45) is 0 Å². The molecule has 0 aliphatic carbocycles. The van der Waals surface area contributed by atoms with Crippen LogP contribution in [-0.2, 0) is 0 Å². The second-order valence-corrected chi connectivity index (χ2v) is 5.28. The lowest BCUT2D eigenvalue weighted by molar-refractivity contribution is 0.0542. The van der Waals surface area contributed by atoms with E-state index in [4.69, 9.17) is 4.42 Å². The first-order valence-electron chi connectivity index (χ1n) is 6.53. The molecule has 1 saturated heterocycles. The summed E-state index contributed by atoms with van der Waals surface area (Å²) in [7, 11) is 0. The molecular weight excluding hydrogens is 228 g/mol. The summed E-state index contributed by atoms with van der Waals surface area (Å²) in [5.41, 5.74) is 1.71. The van der Waals surface area contributed by atoms with Gasteiger partial charge >= 0.3 is 0 Å². The van der Waals surface area contributed by atoms with E-state index in [-0.39, 0.29) is 18.0 Å². The predicted octanol–water partition coefficient (Wildman–Crippen LogP) is 2.03. The van der Waals surface area contributed by atoms with Crippen molar-refractivity contribution in [2.75, 3.05) is 13.1 Å². The maximum Gasteiger partial charge on any atom is 0.258 e. The van der Waals surface area contributed by atoms with Crippen molar-refractivity contribution in [2.45, 2.75) is 46.7 Å². The zero-order chi connectivity index (χ0) is 13.4. The van der Waals surface area contributed by atoms with Gasteiger partial charge in [0.25, 0.3) is 5.91 Å². The Morgan fingerprint density at radius 3 is 2.17 bits per heavy atom. The molecule has 4 nitrogen and oxygen atoms in total. The highest BCUT2D eigenvalue weighted by molar-refractivity contribution is 5.97. The Hall–Kier alpha value is -1.29. The Bertz CT molecular complexity index is 455. The number of carbonyl (C=O) groups excluding carboxylic acids is 1. The zero-order valence-electron chi connectivity index (χ0n) is 11.8. The molecule has 1 aromatic rings. The van der Waals surface area contributed by atoms with Crippen LogP contribution in [0.5, 0.6) is 0 Å². The largest absolute Gasteiger partial charge is 0.466 e. The summed E-state index contributed by atoms with van der Waals surface area (Å²) in [6.45, 7) is 11.6. The Morgan fingerprint density at radius 1 is 1.17 bits per heavy atom. The molecule has 1 aliphatic heterocycles. The second-order valence-electron chi connectivity index (χ2n) is 5.28. The number of hydrogen-bond donors (Lipinski definition) is 1. The van der Waals surface area contributed by atoms with E-state index in [9.17, 15) is 4.79 Å². The minimum Gasteiger partial charge on any atom is -0.466 e. The van der Waals surface area contributed by atoms with Gasteiger partial charge in [-0.15, -0.1) is 0 Å². The number of nitrogens with zero attached hydrogens (tertiary/aromatic N) is 1. The molecule has 1 N–H and O–H groups in total. The van der Waals surface area contributed by atoms with Crippen LogP contribution >= 0.6 is 0 Å². The first kappa shape index (κ1) is 13.1. The second kappa shape index (κ2) is 4.76. The summed E-state index contributed by atoms with van der Waals surface area (Å²) < 4.78 is 5.56. The molecule has 0 spiro atoms. The summed E-state index contributed by atoms with van der Waals surface area (Å²) in [4.78, 5) is 14.7. The van der Waals surface area contributed by atoms with Gasteiger partial charge in [-0.05, 0) is 34.6 Å². The summed E-state index contributed by atoms with van der Waals surface area (Å²) >= 11 is 0. The highest BCUT2D eigenvalue weighted by Gasteiger charge is 2.32. The van der Waals surface area contributed by atoms with E-state index in [0.717, 1.165) is 35.7 Å². The summed E-state index contributed by atoms with van der Waals surface area (Å²) in [5.74, 6) is 1.67. The maximum absolute atomic E-state index is 12.7. The minimum atomic E-state index is 0.100. The van der Waals surface area contributed by atoms with Crippen molar-refractivity contribution in [1.29, 1.82) is 0 Å². The fraction of sp³-hybridized carbons (Fsp3) is 0.643. The molecule has 100 valence electrons. The standard InChI is InChI=1S/C14H22N2O2/c1-8-6-15-7-9(2)16(8)14(17)13-10(3)11(4)18-12(13)5/h8-9,15H,6-7H2,1-5H3. The lowest BCUT2D eigenvalue weighted by atomic mass is 10.0. The third-order valence-corrected chi connectivity index (χ3v) is 3.84. The topological polar surface area (TPSA) is 45.5 Å². The summed E-state index contributed by atoms with van der Waals surface area (Å²) in [6, 6.07) is 0.436. The predicted molar refractivity (Wildman–Crippen MR) is 70.9 cm³/mol. The van der Waals surface area contributed by atoms with E-state index in [1.807, 2.05) is 25.7 Å². The normalized spacial score (nSPS) is 24.4. The number of hydrogen-bond acceptors (Lipinski definition) is 3. The van der Waals surface area contributed by atoms with Gasteiger partial charge in [-0.25, -0.2) is 0 Å². The fourth-order valence-electron chi connectivity index (χ4n) is 2.77. The van der Waals surface area contributed by atoms with Crippen LogP contribution in [-0.4, -0.2) is 36.0 Å². The van der Waals surface area contributed by atoms with Gasteiger partial charge in [0.05, 0.1) is 5.56 Å². The van der Waals surface area contributed by atoms with Crippen molar-refractivity contribution in [1.82, 2.24) is 10.2 Å². The van der Waals surface area contributed by atoms with Crippen LogP contribution in [0.3, 0.4) is 0 Å². The lowest BCUT2D eigenvalue weighted by Gasteiger charge is -2.39. The number of aryl methyl sites for hydroxylation is 2. The Balaban J connectivity index is 2.35. The number of carbonyl (C=O) groups is 1. The molecule has 1 fully saturated rings. The Labute approximate surface area is 108 Å². The molecule has 1 amide bonds. The van der Waals surface area contributed by atoms with Gasteiger partial charge in [-0.3, -0.25) is 4.79 Å². The first-order valence-corrected chi connectivity index (χ1v) is 6.53. The molecule has 1 aliphatic rings. The Morgan fingerprint density at radius 2 is 1.72 bits per heavy atom. The van der Waals surface area contributed by atoms with E-state index >= 15 is 0 Å². The average Bonchev–Trinajstić information content (AvgIpc) is 2.52. The third-order valence-electron chi connectivity index (χ3n) is 3.84. The van der Waals surface area contributed by atoms with Crippen LogP contribution in [0.15, 0.2) is 4.42 Å². The zero-order valence-corrected chi connectivity index (χ0v) is 11.8. The number of amides is 1. The molecule has 0 radical (unpaired) electrons. The van der Waals surface area contributed by atoms with E-state index in [0.29, 0.717) is 0 Å². The first-order chi connectivity index (χ1) is 8.43. The van der Waals surface area contributed by atoms with E-state index in [1.54, 1.807) is 0 Å². The number of nitrogens with one attached hydrogen (secondary N) is 1. The van der Waals surface area contributed by atoms with Crippen LogP contribution in [0.25, 0.3) is 0 Å². The van der Waals surface area contributed by atoms with Crippen molar-refractivity contribution < 1.29 is 9.21 Å². The number of rotatable bonds is 1. The molecule has 2 atom stereocenters. The monoisotopic (exact) mass is 250 g/mol. The lowest BCUT2D eigenvalue weighted by Crippen LogP contribution is -2.57. The fourth-order valence-corrected chi connectivity index (χ4v) is 2.77. The molecule has 2 unspecified atom stereocenters. The van der Waals surface area contributed by atoms with Crippen LogP contribution in [0.2, 0.25) is 0 Å². The van der Waals surface area contributed by atoms with Crippen molar-refractivity contribution in [3.63, 3.8) is 0 Å². The van der Waals surface area contributed by atoms with Gasteiger partial charge in [-0.2, -0.15) is 0 Å². The molecule has 1 aromatic heterocycles. The highest BCUT2D eigenvalue weighted by Crippen LogP contribution is 2.24. The molecular formula is C14H22N2O2. The van der Waals surface area contributed by atoms with Gasteiger partial charge in [0.1, 0.15) is 11.5 Å². The molecule has 0 aromatic carbocycles. The molecule has 18 heavy (non-hydrogen) atoms. The molecule has 2 rings (SSSR count). The number of piperazine rings is 1. The van der Waals surface area contributed by atoms with Gasteiger partial charge in [-0.1, -0.05) is 0 Å². The van der Waals surface area contributed by atoms with Crippen LogP contribution < -0.4 is 5.32 Å². The van der Waals surface area contributed by atoms with Crippen LogP contribution in [0.1, 0.15) is 41.3 Å². The molecule has 0 bridgehead atoms. The quantitative estimate of drug-likeness (QED) is 0.829. The summed E-state index contributed by atoms with van der Waals surface area (Å²) in [6.07, 6.45) is 0. The molecule has 4 heteroatoms. The average molecular weight is 250 g/mol. The van der Waals surface area contributed by atoms with Gasteiger partial charge in [0.15, 0.2) is 0 Å². The number of furan rings is 1. The van der Waals surface area contributed by atoms with Crippen LogP contribution in [0, 0.1) is 20.8 Å². The highest BCUT2D eigenvalue weighted by atomic mass is 16.3.